The minimum absolute atomic E-state index is 0.0281. The summed E-state index contributed by atoms with van der Waals surface area (Å²) in [5, 5.41) is 3.82. The number of thiazole rings is 1. The van der Waals surface area contributed by atoms with Crippen molar-refractivity contribution in [3.63, 3.8) is 0 Å². The van der Waals surface area contributed by atoms with E-state index in [0.29, 0.717) is 5.75 Å². The third kappa shape index (κ3) is 4.28. The van der Waals surface area contributed by atoms with Crippen molar-refractivity contribution in [3.05, 3.63) is 76.4 Å². The molecule has 0 unspecified atom stereocenters. The van der Waals surface area contributed by atoms with Gasteiger partial charge < -0.3 is 10.1 Å². The highest BCUT2D eigenvalue weighted by molar-refractivity contribution is 14.1. The van der Waals surface area contributed by atoms with Gasteiger partial charge in [0.2, 0.25) is 0 Å². The number of ether oxygens (including phenoxy) is 1. The fourth-order valence-electron chi connectivity index (χ4n) is 2.59. The lowest BCUT2D eigenvalue weighted by atomic mass is 10.2. The van der Waals surface area contributed by atoms with Crippen LogP contribution in [0.2, 0.25) is 0 Å². The topological polar surface area (TPSA) is 51.2 Å². The number of nitrogens with one attached hydrogen (secondary N) is 1. The van der Waals surface area contributed by atoms with Gasteiger partial charge >= 0.3 is 0 Å². The number of benzene rings is 3. The van der Waals surface area contributed by atoms with Crippen LogP contribution in [-0.4, -0.2) is 17.5 Å². The predicted molar refractivity (Wildman–Crippen MR) is 118 cm³/mol. The summed E-state index contributed by atoms with van der Waals surface area (Å²) < 4.78 is 7.71. The molecular formula is C21H15IN2O2S. The molecule has 0 atom stereocenters. The Bertz CT molecular complexity index is 1060. The molecule has 6 heteroatoms. The van der Waals surface area contributed by atoms with Crippen LogP contribution in [0.1, 0.15) is 0 Å². The van der Waals surface area contributed by atoms with E-state index in [4.69, 9.17) is 4.74 Å². The number of amides is 1. The number of hydrogen-bond donors (Lipinski definition) is 1. The lowest BCUT2D eigenvalue weighted by Gasteiger charge is -2.09. The van der Waals surface area contributed by atoms with E-state index in [9.17, 15) is 4.79 Å². The first-order chi connectivity index (χ1) is 13.2. The number of nitrogens with zero attached hydrogens (tertiary/aromatic N) is 1. The van der Waals surface area contributed by atoms with Crippen LogP contribution in [0.5, 0.6) is 5.75 Å². The van der Waals surface area contributed by atoms with Crippen molar-refractivity contribution in [1.82, 2.24) is 4.98 Å². The molecule has 134 valence electrons. The van der Waals surface area contributed by atoms with Gasteiger partial charge in [0.1, 0.15) is 10.8 Å². The third-order valence-electron chi connectivity index (χ3n) is 3.90. The van der Waals surface area contributed by atoms with Gasteiger partial charge in [-0.05, 0) is 71.1 Å². The highest BCUT2D eigenvalue weighted by Gasteiger charge is 2.08. The van der Waals surface area contributed by atoms with Gasteiger partial charge in [-0.2, -0.15) is 0 Å². The second-order valence-electron chi connectivity index (χ2n) is 5.83. The summed E-state index contributed by atoms with van der Waals surface area (Å²) in [6.45, 7) is -0.0281. The summed E-state index contributed by atoms with van der Waals surface area (Å²) in [4.78, 5) is 16.8. The maximum Gasteiger partial charge on any atom is 0.262 e. The SMILES string of the molecule is O=C(COc1ccccc1I)Nc1ccc(-c2nc3ccccc3s2)cc1. The standard InChI is InChI=1S/C21H15IN2O2S/c22-16-5-1-3-7-18(16)26-13-20(25)23-15-11-9-14(10-12-15)21-24-17-6-2-4-8-19(17)27-21/h1-12H,13H2,(H,23,25). The number of halogens is 1. The largest absolute Gasteiger partial charge is 0.483 e. The zero-order valence-corrected chi connectivity index (χ0v) is 17.2. The van der Waals surface area contributed by atoms with Crippen LogP contribution >= 0.6 is 33.9 Å². The quantitative estimate of drug-likeness (QED) is 0.375. The van der Waals surface area contributed by atoms with Crippen molar-refractivity contribution in [2.45, 2.75) is 0 Å². The Hall–Kier alpha value is -2.45. The average Bonchev–Trinajstić information content (AvgIpc) is 3.12. The number of para-hydroxylation sites is 2. The summed E-state index contributed by atoms with van der Waals surface area (Å²) in [7, 11) is 0. The van der Waals surface area contributed by atoms with E-state index in [1.807, 2.05) is 66.7 Å². The number of hydrogen-bond acceptors (Lipinski definition) is 4. The van der Waals surface area contributed by atoms with E-state index in [2.05, 4.69) is 39.0 Å². The van der Waals surface area contributed by atoms with Crippen LogP contribution in [-0.2, 0) is 4.79 Å². The first kappa shape index (κ1) is 17.9. The molecule has 4 rings (SSSR count). The molecule has 0 bridgehead atoms. The number of aromatic nitrogens is 1. The highest BCUT2D eigenvalue weighted by atomic mass is 127. The molecule has 1 N–H and O–H groups in total. The third-order valence-corrected chi connectivity index (χ3v) is 5.88. The van der Waals surface area contributed by atoms with Crippen LogP contribution < -0.4 is 10.1 Å². The van der Waals surface area contributed by atoms with E-state index < -0.39 is 0 Å². The summed E-state index contributed by atoms with van der Waals surface area (Å²) >= 11 is 3.84. The number of fused-ring (bicyclic) bond motifs is 1. The maximum atomic E-state index is 12.1. The number of carbonyl (C=O) groups is 1. The van der Waals surface area contributed by atoms with Gasteiger partial charge in [0, 0.05) is 11.3 Å². The predicted octanol–water partition coefficient (Wildman–Crippen LogP) is 5.59. The van der Waals surface area contributed by atoms with E-state index >= 15 is 0 Å². The molecule has 27 heavy (non-hydrogen) atoms. The number of carbonyl (C=O) groups excluding carboxylic acids is 1. The Morgan fingerprint density at radius 3 is 2.52 bits per heavy atom. The van der Waals surface area contributed by atoms with Gasteiger partial charge in [0.05, 0.1) is 13.8 Å². The Balaban J connectivity index is 1.40. The van der Waals surface area contributed by atoms with E-state index in [0.717, 1.165) is 30.0 Å². The molecule has 0 spiro atoms. The fraction of sp³-hybridized carbons (Fsp3) is 0.0476. The monoisotopic (exact) mass is 486 g/mol. The number of rotatable bonds is 5. The van der Waals surface area contributed by atoms with Gasteiger partial charge in [-0.3, -0.25) is 4.79 Å². The molecule has 0 aliphatic carbocycles. The molecule has 4 aromatic rings. The van der Waals surface area contributed by atoms with Crippen molar-refractivity contribution in [2.75, 3.05) is 11.9 Å². The Morgan fingerprint density at radius 2 is 1.74 bits per heavy atom. The molecule has 0 aliphatic rings. The molecule has 0 aliphatic heterocycles. The maximum absolute atomic E-state index is 12.1. The lowest BCUT2D eigenvalue weighted by molar-refractivity contribution is -0.118. The van der Waals surface area contributed by atoms with Crippen LogP contribution in [0.3, 0.4) is 0 Å². The highest BCUT2D eigenvalue weighted by Crippen LogP contribution is 2.30. The van der Waals surface area contributed by atoms with Gasteiger partial charge in [-0.15, -0.1) is 11.3 Å². The van der Waals surface area contributed by atoms with Gasteiger partial charge in [-0.1, -0.05) is 24.3 Å². The smallest absolute Gasteiger partial charge is 0.262 e. The molecule has 0 saturated carbocycles. The molecular weight excluding hydrogens is 471 g/mol. The van der Waals surface area contributed by atoms with Crippen molar-refractivity contribution in [1.29, 1.82) is 0 Å². The first-order valence-electron chi connectivity index (χ1n) is 8.32. The summed E-state index contributed by atoms with van der Waals surface area (Å²) in [5.41, 5.74) is 2.77. The Kier molecular flexibility index (Phi) is 5.35. The van der Waals surface area contributed by atoms with E-state index in [-0.39, 0.29) is 12.5 Å². The zero-order valence-electron chi connectivity index (χ0n) is 14.2. The van der Waals surface area contributed by atoms with E-state index in [1.165, 1.54) is 0 Å². The number of anilines is 1. The van der Waals surface area contributed by atoms with Gasteiger partial charge in [-0.25, -0.2) is 4.98 Å². The second-order valence-corrected chi connectivity index (χ2v) is 8.02. The first-order valence-corrected chi connectivity index (χ1v) is 10.2. The molecule has 0 saturated heterocycles. The molecule has 0 fully saturated rings. The van der Waals surface area contributed by atoms with Crippen LogP contribution in [0.15, 0.2) is 72.8 Å². The normalized spacial score (nSPS) is 10.7. The lowest BCUT2D eigenvalue weighted by Crippen LogP contribution is -2.20. The van der Waals surface area contributed by atoms with E-state index in [1.54, 1.807) is 11.3 Å². The Labute approximate surface area is 174 Å². The molecule has 1 amide bonds. The second kappa shape index (κ2) is 8.06. The van der Waals surface area contributed by atoms with Crippen molar-refractivity contribution in [2.24, 2.45) is 0 Å². The zero-order chi connectivity index (χ0) is 18.6. The summed E-state index contributed by atoms with van der Waals surface area (Å²) in [5.74, 6) is 0.516. The van der Waals surface area contributed by atoms with Crippen LogP contribution in [0, 0.1) is 3.57 Å². The fourth-order valence-corrected chi connectivity index (χ4v) is 4.11. The molecule has 3 aromatic carbocycles. The molecule has 4 nitrogen and oxygen atoms in total. The van der Waals surface area contributed by atoms with Crippen molar-refractivity contribution < 1.29 is 9.53 Å². The van der Waals surface area contributed by atoms with Crippen LogP contribution in [0.4, 0.5) is 5.69 Å². The minimum atomic E-state index is -0.192. The summed E-state index contributed by atoms with van der Waals surface area (Å²) in [6.07, 6.45) is 0. The van der Waals surface area contributed by atoms with Gasteiger partial charge in [0.15, 0.2) is 6.61 Å². The molecule has 1 heterocycles. The Morgan fingerprint density at radius 1 is 1.00 bits per heavy atom. The average molecular weight is 486 g/mol. The molecule has 0 radical (unpaired) electrons. The summed E-state index contributed by atoms with van der Waals surface area (Å²) in [6, 6.07) is 23.4. The molecule has 1 aromatic heterocycles. The van der Waals surface area contributed by atoms with Gasteiger partial charge in [0.25, 0.3) is 5.91 Å². The minimum Gasteiger partial charge on any atom is -0.483 e. The van der Waals surface area contributed by atoms with Crippen LogP contribution in [0.25, 0.3) is 20.8 Å². The van der Waals surface area contributed by atoms with Crippen molar-refractivity contribution >= 4 is 55.7 Å². The van der Waals surface area contributed by atoms with Crippen molar-refractivity contribution in [3.8, 4) is 16.3 Å².